The molecule has 0 bridgehead atoms. The van der Waals surface area contributed by atoms with Crippen LogP contribution in [0.3, 0.4) is 0 Å². The largest absolute Gasteiger partial charge is 0.484 e. The average Bonchev–Trinajstić information content (AvgIpc) is 2.63. The summed E-state index contributed by atoms with van der Waals surface area (Å²) < 4.78 is 38.1. The Kier molecular flexibility index (Phi) is 7.63. The highest BCUT2D eigenvalue weighted by molar-refractivity contribution is 7.86. The Morgan fingerprint density at radius 2 is 1.74 bits per heavy atom. The molecule has 0 aromatic heterocycles. The van der Waals surface area contributed by atoms with Crippen LogP contribution in [0, 0.1) is 0 Å². The van der Waals surface area contributed by atoms with Crippen molar-refractivity contribution in [3.05, 3.63) is 60.2 Å². The first-order valence-corrected chi connectivity index (χ1v) is 10.1. The van der Waals surface area contributed by atoms with E-state index in [0.29, 0.717) is 18.9 Å². The van der Waals surface area contributed by atoms with Gasteiger partial charge in [-0.25, -0.2) is 0 Å². The lowest BCUT2D eigenvalue weighted by molar-refractivity contribution is -0.134. The summed E-state index contributed by atoms with van der Waals surface area (Å²) in [6.45, 7) is 0.926. The first-order valence-electron chi connectivity index (χ1n) is 8.30. The highest BCUT2D eigenvalue weighted by atomic mass is 32.2. The van der Waals surface area contributed by atoms with Gasteiger partial charge in [-0.15, -0.1) is 0 Å². The molecule has 2 rings (SSSR count). The fourth-order valence-corrected chi connectivity index (χ4v) is 2.79. The van der Waals surface area contributed by atoms with Gasteiger partial charge in [0.15, 0.2) is 6.61 Å². The van der Waals surface area contributed by atoms with E-state index in [9.17, 15) is 13.2 Å². The van der Waals surface area contributed by atoms with Crippen LogP contribution in [0.2, 0.25) is 0 Å². The molecule has 0 saturated heterocycles. The van der Waals surface area contributed by atoms with Crippen molar-refractivity contribution in [2.45, 2.75) is 6.54 Å². The van der Waals surface area contributed by atoms with E-state index >= 15 is 0 Å². The number of nitrogens with zero attached hydrogens (tertiary/aromatic N) is 1. The smallest absolute Gasteiger partial charge is 0.306 e. The van der Waals surface area contributed by atoms with Crippen molar-refractivity contribution < 1.29 is 26.9 Å². The number of methoxy groups -OCH3 is 1. The second kappa shape index (κ2) is 9.94. The molecular weight excluding hydrogens is 370 g/mol. The molecule has 0 aliphatic heterocycles. The lowest BCUT2D eigenvalue weighted by Crippen LogP contribution is -2.36. The Balaban J connectivity index is 2.04. The number of hydrogen-bond acceptors (Lipinski definition) is 6. The summed E-state index contributed by atoms with van der Waals surface area (Å²) in [5, 5.41) is 0. The van der Waals surface area contributed by atoms with Gasteiger partial charge in [-0.05, 0) is 29.8 Å². The third-order valence-electron chi connectivity index (χ3n) is 3.54. The molecule has 0 N–H and O–H groups in total. The van der Waals surface area contributed by atoms with Crippen LogP contribution >= 0.6 is 0 Å². The van der Waals surface area contributed by atoms with Crippen LogP contribution in [-0.2, 0) is 26.2 Å². The fourth-order valence-electron chi connectivity index (χ4n) is 2.34. The van der Waals surface area contributed by atoms with Crippen molar-refractivity contribution in [2.75, 3.05) is 33.1 Å². The zero-order chi connectivity index (χ0) is 19.7. The van der Waals surface area contributed by atoms with Gasteiger partial charge >= 0.3 is 10.1 Å². The monoisotopic (exact) mass is 393 g/mol. The summed E-state index contributed by atoms with van der Waals surface area (Å²) in [5.41, 5.74) is 0.736. The summed E-state index contributed by atoms with van der Waals surface area (Å²) in [4.78, 5) is 14.1. The minimum atomic E-state index is -3.61. The molecule has 0 aliphatic rings. The van der Waals surface area contributed by atoms with Gasteiger partial charge in [0.2, 0.25) is 0 Å². The number of benzene rings is 2. The molecule has 0 radical (unpaired) electrons. The third kappa shape index (κ3) is 7.67. The summed E-state index contributed by atoms with van der Waals surface area (Å²) >= 11 is 0. The summed E-state index contributed by atoms with van der Waals surface area (Å²) in [6, 6.07) is 15.7. The number of ether oxygens (including phenoxy) is 2. The molecule has 0 spiro atoms. The average molecular weight is 393 g/mol. The topological polar surface area (TPSA) is 82.1 Å². The van der Waals surface area contributed by atoms with Gasteiger partial charge in [-0.3, -0.25) is 4.79 Å². The number of amides is 1. The SMILES string of the molecule is COCCN(Cc1cccc(OS(C)(=O)=O)c1)C(=O)COc1ccccc1. The number of carbonyl (C=O) groups excluding carboxylic acids is 1. The van der Waals surface area contributed by atoms with Crippen LogP contribution < -0.4 is 8.92 Å². The van der Waals surface area contributed by atoms with Crippen molar-refractivity contribution >= 4 is 16.0 Å². The predicted molar refractivity (Wildman–Crippen MR) is 101 cm³/mol. The molecule has 0 heterocycles. The minimum Gasteiger partial charge on any atom is -0.484 e. The maximum Gasteiger partial charge on any atom is 0.306 e. The number of rotatable bonds is 10. The molecule has 0 fully saturated rings. The second-order valence-corrected chi connectivity index (χ2v) is 7.42. The van der Waals surface area contributed by atoms with E-state index in [0.717, 1.165) is 11.8 Å². The minimum absolute atomic E-state index is 0.104. The van der Waals surface area contributed by atoms with Gasteiger partial charge in [-0.1, -0.05) is 30.3 Å². The van der Waals surface area contributed by atoms with Gasteiger partial charge in [0, 0.05) is 20.2 Å². The van der Waals surface area contributed by atoms with Crippen LogP contribution in [0.25, 0.3) is 0 Å². The Hall–Kier alpha value is -2.58. The number of para-hydroxylation sites is 1. The Labute approximate surface area is 159 Å². The zero-order valence-electron chi connectivity index (χ0n) is 15.3. The number of hydrogen-bond donors (Lipinski definition) is 0. The molecule has 27 heavy (non-hydrogen) atoms. The zero-order valence-corrected chi connectivity index (χ0v) is 16.1. The summed E-state index contributed by atoms with van der Waals surface area (Å²) in [6.07, 6.45) is 0.981. The van der Waals surface area contributed by atoms with Crippen molar-refractivity contribution in [2.24, 2.45) is 0 Å². The van der Waals surface area contributed by atoms with Crippen molar-refractivity contribution in [3.8, 4) is 11.5 Å². The maximum absolute atomic E-state index is 12.6. The molecule has 2 aromatic rings. The third-order valence-corrected chi connectivity index (χ3v) is 4.04. The van der Waals surface area contributed by atoms with E-state index in [1.165, 1.54) is 0 Å². The van der Waals surface area contributed by atoms with E-state index in [1.54, 1.807) is 48.4 Å². The Bertz CT molecular complexity index is 838. The van der Waals surface area contributed by atoms with Crippen LogP contribution in [-0.4, -0.2) is 52.3 Å². The van der Waals surface area contributed by atoms with Crippen LogP contribution in [0.5, 0.6) is 11.5 Å². The first kappa shape index (κ1) is 20.7. The van der Waals surface area contributed by atoms with Crippen LogP contribution in [0.1, 0.15) is 5.56 Å². The maximum atomic E-state index is 12.6. The molecule has 0 unspecified atom stereocenters. The first-order chi connectivity index (χ1) is 12.9. The predicted octanol–water partition coefficient (Wildman–Crippen LogP) is 2.08. The van der Waals surface area contributed by atoms with E-state index in [-0.39, 0.29) is 24.8 Å². The van der Waals surface area contributed by atoms with Crippen LogP contribution in [0.15, 0.2) is 54.6 Å². The van der Waals surface area contributed by atoms with Gasteiger partial charge in [0.05, 0.1) is 12.9 Å². The standard InChI is InChI=1S/C19H23NO6S/c1-24-12-11-20(19(21)15-25-17-8-4-3-5-9-17)14-16-7-6-10-18(13-16)26-27(2,22)23/h3-10,13H,11-12,14-15H2,1-2H3. The van der Waals surface area contributed by atoms with E-state index in [2.05, 4.69) is 0 Å². The van der Waals surface area contributed by atoms with Crippen molar-refractivity contribution in [1.82, 2.24) is 4.90 Å². The lowest BCUT2D eigenvalue weighted by Gasteiger charge is -2.23. The summed E-state index contributed by atoms with van der Waals surface area (Å²) in [5.74, 6) is 0.612. The molecule has 8 heteroatoms. The molecule has 0 aliphatic carbocycles. The summed E-state index contributed by atoms with van der Waals surface area (Å²) in [7, 11) is -2.05. The van der Waals surface area contributed by atoms with Gasteiger partial charge in [0.25, 0.3) is 5.91 Å². The number of carbonyl (C=O) groups is 1. The molecule has 1 amide bonds. The molecular formula is C19H23NO6S. The van der Waals surface area contributed by atoms with E-state index in [1.807, 2.05) is 18.2 Å². The molecule has 7 nitrogen and oxygen atoms in total. The van der Waals surface area contributed by atoms with E-state index in [4.69, 9.17) is 13.7 Å². The molecule has 146 valence electrons. The highest BCUT2D eigenvalue weighted by Gasteiger charge is 2.15. The molecule has 2 aromatic carbocycles. The Morgan fingerprint density at radius 1 is 1.04 bits per heavy atom. The fraction of sp³-hybridized carbons (Fsp3) is 0.316. The quantitative estimate of drug-likeness (QED) is 0.575. The molecule has 0 saturated carbocycles. The Morgan fingerprint density at radius 3 is 2.41 bits per heavy atom. The van der Waals surface area contributed by atoms with Gasteiger partial charge in [-0.2, -0.15) is 8.42 Å². The van der Waals surface area contributed by atoms with Gasteiger partial charge < -0.3 is 18.6 Å². The highest BCUT2D eigenvalue weighted by Crippen LogP contribution is 2.17. The normalized spacial score (nSPS) is 11.0. The van der Waals surface area contributed by atoms with Gasteiger partial charge in [0.1, 0.15) is 11.5 Å². The van der Waals surface area contributed by atoms with E-state index < -0.39 is 10.1 Å². The van der Waals surface area contributed by atoms with Crippen molar-refractivity contribution in [3.63, 3.8) is 0 Å². The van der Waals surface area contributed by atoms with Crippen LogP contribution in [0.4, 0.5) is 0 Å². The van der Waals surface area contributed by atoms with Crippen molar-refractivity contribution in [1.29, 1.82) is 0 Å². The molecule has 0 atom stereocenters. The second-order valence-electron chi connectivity index (χ2n) is 5.84. The lowest BCUT2D eigenvalue weighted by atomic mass is 10.2.